The van der Waals surface area contributed by atoms with Crippen molar-refractivity contribution < 1.29 is 9.32 Å². The van der Waals surface area contributed by atoms with E-state index in [1.54, 1.807) is 6.20 Å². The molecule has 1 fully saturated rings. The molecule has 1 aliphatic rings. The molecule has 0 radical (unpaired) electrons. The number of anilines is 1. The maximum absolute atomic E-state index is 11.3. The zero-order valence-electron chi connectivity index (χ0n) is 15.6. The van der Waals surface area contributed by atoms with Gasteiger partial charge in [0.2, 0.25) is 5.91 Å². The van der Waals surface area contributed by atoms with Gasteiger partial charge in [0.1, 0.15) is 5.82 Å². The summed E-state index contributed by atoms with van der Waals surface area (Å²) in [7, 11) is 0. The summed E-state index contributed by atoms with van der Waals surface area (Å²) in [6, 6.07) is 14.1. The van der Waals surface area contributed by atoms with Crippen LogP contribution in [0.25, 0.3) is 11.5 Å². The Morgan fingerprint density at radius 1 is 1.11 bits per heavy atom. The third kappa shape index (κ3) is 4.19. The van der Waals surface area contributed by atoms with Crippen molar-refractivity contribution >= 4 is 11.7 Å². The minimum atomic E-state index is -0.206. The molecular formula is C21H23N5O2. The van der Waals surface area contributed by atoms with E-state index in [0.29, 0.717) is 11.7 Å². The zero-order valence-corrected chi connectivity index (χ0v) is 15.6. The number of aromatic nitrogens is 3. The van der Waals surface area contributed by atoms with Crippen molar-refractivity contribution in [3.63, 3.8) is 0 Å². The molecule has 1 amide bonds. The molecule has 3 aromatic rings. The first-order chi connectivity index (χ1) is 13.7. The SMILES string of the molecule is NC(=O)C1CCN(c2ccc(-c3nc(CCc4ccccc4)no3)cn2)CC1. The summed E-state index contributed by atoms with van der Waals surface area (Å²) in [5, 5.41) is 4.08. The first-order valence-corrected chi connectivity index (χ1v) is 9.56. The molecule has 0 saturated carbocycles. The Morgan fingerprint density at radius 2 is 1.89 bits per heavy atom. The maximum atomic E-state index is 11.3. The number of carbonyl (C=O) groups is 1. The maximum Gasteiger partial charge on any atom is 0.259 e. The predicted octanol–water partition coefficient (Wildman–Crippen LogP) is 2.62. The van der Waals surface area contributed by atoms with Gasteiger partial charge in [-0.2, -0.15) is 4.98 Å². The predicted molar refractivity (Wildman–Crippen MR) is 106 cm³/mol. The van der Waals surface area contributed by atoms with Crippen LogP contribution in [-0.2, 0) is 17.6 Å². The monoisotopic (exact) mass is 377 g/mol. The molecule has 0 spiro atoms. The number of hydrogen-bond donors (Lipinski definition) is 1. The summed E-state index contributed by atoms with van der Waals surface area (Å²) in [6.07, 6.45) is 4.90. The number of carbonyl (C=O) groups excluding carboxylic acids is 1. The first-order valence-electron chi connectivity index (χ1n) is 9.56. The van der Waals surface area contributed by atoms with Crippen molar-refractivity contribution in [2.24, 2.45) is 11.7 Å². The van der Waals surface area contributed by atoms with Crippen LogP contribution >= 0.6 is 0 Å². The molecule has 7 nitrogen and oxygen atoms in total. The fourth-order valence-electron chi connectivity index (χ4n) is 3.47. The van der Waals surface area contributed by atoms with Gasteiger partial charge in [0.15, 0.2) is 5.82 Å². The number of nitrogens with two attached hydrogens (primary N) is 1. The number of benzene rings is 1. The molecule has 28 heavy (non-hydrogen) atoms. The number of pyridine rings is 1. The molecule has 1 saturated heterocycles. The highest BCUT2D eigenvalue weighted by Gasteiger charge is 2.23. The summed E-state index contributed by atoms with van der Waals surface area (Å²) in [5.41, 5.74) is 7.45. The first kappa shape index (κ1) is 18.2. The smallest absolute Gasteiger partial charge is 0.259 e. The zero-order chi connectivity index (χ0) is 19.3. The number of primary amides is 1. The van der Waals surface area contributed by atoms with Gasteiger partial charge in [-0.25, -0.2) is 4.98 Å². The van der Waals surface area contributed by atoms with Gasteiger partial charge in [-0.1, -0.05) is 35.5 Å². The largest absolute Gasteiger partial charge is 0.369 e. The Hall–Kier alpha value is -3.22. The highest BCUT2D eigenvalue weighted by molar-refractivity contribution is 5.77. The Labute approximate surface area is 163 Å². The normalized spacial score (nSPS) is 14.9. The lowest BCUT2D eigenvalue weighted by Crippen LogP contribution is -2.38. The Bertz CT molecular complexity index is 915. The van der Waals surface area contributed by atoms with Gasteiger partial charge in [-0.05, 0) is 37.0 Å². The Balaban J connectivity index is 1.36. The second-order valence-corrected chi connectivity index (χ2v) is 7.07. The lowest BCUT2D eigenvalue weighted by Gasteiger charge is -2.31. The molecule has 0 bridgehead atoms. The lowest BCUT2D eigenvalue weighted by molar-refractivity contribution is -0.122. The molecule has 144 valence electrons. The molecule has 4 rings (SSSR count). The third-order valence-corrected chi connectivity index (χ3v) is 5.16. The van der Waals surface area contributed by atoms with Crippen molar-refractivity contribution in [3.8, 4) is 11.5 Å². The third-order valence-electron chi connectivity index (χ3n) is 5.16. The molecule has 2 N–H and O–H groups in total. The van der Waals surface area contributed by atoms with Crippen molar-refractivity contribution in [1.29, 1.82) is 0 Å². The Morgan fingerprint density at radius 3 is 2.57 bits per heavy atom. The molecule has 2 aromatic heterocycles. The van der Waals surface area contributed by atoms with Crippen molar-refractivity contribution in [2.45, 2.75) is 25.7 Å². The van der Waals surface area contributed by atoms with E-state index >= 15 is 0 Å². The summed E-state index contributed by atoms with van der Waals surface area (Å²) in [5.74, 6) is 1.83. The second kappa shape index (κ2) is 8.21. The van der Waals surface area contributed by atoms with Gasteiger partial charge in [-0.3, -0.25) is 4.79 Å². The van der Waals surface area contributed by atoms with Gasteiger partial charge in [0, 0.05) is 31.6 Å². The van der Waals surface area contributed by atoms with E-state index in [0.717, 1.165) is 50.2 Å². The van der Waals surface area contributed by atoms with Gasteiger partial charge in [0.05, 0.1) is 5.56 Å². The standard InChI is InChI=1S/C21H23N5O2/c22-20(27)16-10-12-26(13-11-16)19-9-7-17(14-23-19)21-24-18(25-28-21)8-6-15-4-2-1-3-5-15/h1-5,7,9,14,16H,6,8,10-13H2,(H2,22,27). The van der Waals surface area contributed by atoms with Crippen LogP contribution in [0.3, 0.4) is 0 Å². The van der Waals surface area contributed by atoms with E-state index in [-0.39, 0.29) is 11.8 Å². The number of amides is 1. The molecule has 0 atom stereocenters. The highest BCUT2D eigenvalue weighted by atomic mass is 16.5. The van der Waals surface area contributed by atoms with Gasteiger partial charge in [-0.15, -0.1) is 0 Å². The number of piperidine rings is 1. The summed E-state index contributed by atoms with van der Waals surface area (Å²) in [6.45, 7) is 1.56. The van der Waals surface area contributed by atoms with E-state index in [1.165, 1.54) is 5.56 Å². The van der Waals surface area contributed by atoms with Crippen molar-refractivity contribution in [1.82, 2.24) is 15.1 Å². The van der Waals surface area contributed by atoms with Crippen LogP contribution in [0.2, 0.25) is 0 Å². The molecule has 7 heteroatoms. The summed E-state index contributed by atoms with van der Waals surface area (Å²) in [4.78, 5) is 22.5. The molecule has 0 aliphatic carbocycles. The van der Waals surface area contributed by atoms with Gasteiger partial charge < -0.3 is 15.2 Å². The van der Waals surface area contributed by atoms with Crippen molar-refractivity contribution in [3.05, 3.63) is 60.0 Å². The lowest BCUT2D eigenvalue weighted by atomic mass is 9.96. The van der Waals surface area contributed by atoms with Crippen LogP contribution in [0, 0.1) is 5.92 Å². The molecule has 0 unspecified atom stereocenters. The van der Waals surface area contributed by atoms with Crippen LogP contribution in [0.1, 0.15) is 24.2 Å². The van der Waals surface area contributed by atoms with Crippen LogP contribution < -0.4 is 10.6 Å². The number of hydrogen-bond acceptors (Lipinski definition) is 6. The highest BCUT2D eigenvalue weighted by Crippen LogP contribution is 2.24. The second-order valence-electron chi connectivity index (χ2n) is 7.07. The molecular weight excluding hydrogens is 354 g/mol. The average molecular weight is 377 g/mol. The topological polar surface area (TPSA) is 98.1 Å². The Kier molecular flexibility index (Phi) is 5.32. The quantitative estimate of drug-likeness (QED) is 0.709. The van der Waals surface area contributed by atoms with Crippen LogP contribution in [-0.4, -0.2) is 34.1 Å². The van der Waals surface area contributed by atoms with Gasteiger partial charge >= 0.3 is 0 Å². The minimum absolute atomic E-state index is 0.0248. The van der Waals surface area contributed by atoms with E-state index in [2.05, 4.69) is 32.2 Å². The molecule has 1 aromatic carbocycles. The van der Waals surface area contributed by atoms with E-state index in [9.17, 15) is 4.79 Å². The molecule has 1 aliphatic heterocycles. The minimum Gasteiger partial charge on any atom is -0.369 e. The summed E-state index contributed by atoms with van der Waals surface area (Å²) >= 11 is 0. The van der Waals surface area contributed by atoms with Crippen LogP contribution in [0.5, 0.6) is 0 Å². The molecule has 3 heterocycles. The number of nitrogens with zero attached hydrogens (tertiary/aromatic N) is 4. The van der Waals surface area contributed by atoms with Crippen molar-refractivity contribution in [2.75, 3.05) is 18.0 Å². The van der Waals surface area contributed by atoms with Crippen LogP contribution in [0.4, 0.5) is 5.82 Å². The fraction of sp³-hybridized carbons (Fsp3) is 0.333. The van der Waals surface area contributed by atoms with Gasteiger partial charge in [0.25, 0.3) is 5.89 Å². The number of aryl methyl sites for hydroxylation is 2. The van der Waals surface area contributed by atoms with E-state index in [1.807, 2.05) is 30.3 Å². The number of rotatable bonds is 6. The van der Waals surface area contributed by atoms with E-state index in [4.69, 9.17) is 10.3 Å². The van der Waals surface area contributed by atoms with E-state index < -0.39 is 0 Å². The average Bonchev–Trinajstić information content (AvgIpc) is 3.22. The van der Waals surface area contributed by atoms with Crippen LogP contribution in [0.15, 0.2) is 53.2 Å². The fourth-order valence-corrected chi connectivity index (χ4v) is 3.47. The summed E-state index contributed by atoms with van der Waals surface area (Å²) < 4.78 is 5.40.